The second-order valence-corrected chi connectivity index (χ2v) is 5.80. The van der Waals surface area contributed by atoms with Crippen molar-refractivity contribution in [1.29, 1.82) is 0 Å². The average molecular weight is 270 g/mol. The molecule has 0 spiro atoms. The maximum Gasteiger partial charge on any atom is 0.123 e. The van der Waals surface area contributed by atoms with Gasteiger partial charge in [-0.15, -0.1) is 0 Å². The summed E-state index contributed by atoms with van der Waals surface area (Å²) in [5.41, 5.74) is 9.95. The van der Waals surface area contributed by atoms with Crippen molar-refractivity contribution in [2.75, 3.05) is 7.11 Å². The molecule has 3 nitrogen and oxygen atoms in total. The fraction of sp³-hybridized carbons (Fsp3) is 0.412. The fourth-order valence-electron chi connectivity index (χ4n) is 2.71. The number of aromatic nitrogens is 1. The van der Waals surface area contributed by atoms with Crippen LogP contribution < -0.4 is 10.5 Å². The van der Waals surface area contributed by atoms with Crippen LogP contribution in [0.25, 0.3) is 0 Å². The molecule has 1 heterocycles. The fourth-order valence-corrected chi connectivity index (χ4v) is 2.71. The van der Waals surface area contributed by atoms with Gasteiger partial charge in [0.1, 0.15) is 5.75 Å². The number of methoxy groups -OCH3 is 1. The van der Waals surface area contributed by atoms with Crippen molar-refractivity contribution in [1.82, 2.24) is 4.57 Å². The summed E-state index contributed by atoms with van der Waals surface area (Å²) in [5.74, 6) is 1.64. The highest BCUT2D eigenvalue weighted by atomic mass is 16.5. The SMILES string of the molecule is COc1ccc(C)cc1Cn1ccc(C(N)C2CC2)c1. The lowest BCUT2D eigenvalue weighted by Crippen LogP contribution is -2.11. The first-order valence-electron chi connectivity index (χ1n) is 7.22. The van der Waals surface area contributed by atoms with Crippen molar-refractivity contribution >= 4 is 0 Å². The normalized spacial score (nSPS) is 16.1. The van der Waals surface area contributed by atoms with E-state index in [0.717, 1.165) is 12.3 Å². The number of aryl methyl sites for hydroxylation is 1. The van der Waals surface area contributed by atoms with Crippen LogP contribution in [-0.2, 0) is 6.54 Å². The summed E-state index contributed by atoms with van der Waals surface area (Å²) in [5, 5.41) is 0. The monoisotopic (exact) mass is 270 g/mol. The highest BCUT2D eigenvalue weighted by Gasteiger charge is 2.29. The third-order valence-electron chi connectivity index (χ3n) is 4.08. The molecule has 0 bridgehead atoms. The minimum absolute atomic E-state index is 0.204. The third-order valence-corrected chi connectivity index (χ3v) is 4.08. The summed E-state index contributed by atoms with van der Waals surface area (Å²) in [6, 6.07) is 8.64. The maximum absolute atomic E-state index is 6.25. The molecule has 3 rings (SSSR count). The van der Waals surface area contributed by atoms with Gasteiger partial charge in [0.25, 0.3) is 0 Å². The number of ether oxygens (including phenoxy) is 1. The number of hydrogen-bond acceptors (Lipinski definition) is 2. The first-order valence-corrected chi connectivity index (χ1v) is 7.22. The van der Waals surface area contributed by atoms with Crippen molar-refractivity contribution < 1.29 is 4.74 Å². The number of benzene rings is 1. The summed E-state index contributed by atoms with van der Waals surface area (Å²) in [6.45, 7) is 2.93. The van der Waals surface area contributed by atoms with Crippen molar-refractivity contribution in [3.8, 4) is 5.75 Å². The lowest BCUT2D eigenvalue weighted by atomic mass is 10.1. The molecule has 0 saturated heterocycles. The van der Waals surface area contributed by atoms with Crippen LogP contribution in [0.1, 0.15) is 35.6 Å². The topological polar surface area (TPSA) is 40.2 Å². The quantitative estimate of drug-likeness (QED) is 0.906. The lowest BCUT2D eigenvalue weighted by Gasteiger charge is -2.11. The summed E-state index contributed by atoms with van der Waals surface area (Å²) in [6.07, 6.45) is 6.83. The second kappa shape index (κ2) is 5.33. The Bertz CT molecular complexity index is 599. The van der Waals surface area contributed by atoms with Crippen LogP contribution in [0.5, 0.6) is 5.75 Å². The molecule has 1 aromatic carbocycles. The van der Waals surface area contributed by atoms with Crippen molar-refractivity contribution in [2.45, 2.75) is 32.4 Å². The van der Waals surface area contributed by atoms with E-state index in [0.29, 0.717) is 5.92 Å². The third kappa shape index (κ3) is 2.73. The smallest absolute Gasteiger partial charge is 0.123 e. The molecule has 0 amide bonds. The predicted molar refractivity (Wildman–Crippen MR) is 80.9 cm³/mol. The lowest BCUT2D eigenvalue weighted by molar-refractivity contribution is 0.408. The van der Waals surface area contributed by atoms with Gasteiger partial charge in [0.2, 0.25) is 0 Å². The van der Waals surface area contributed by atoms with Gasteiger partial charge in [-0.2, -0.15) is 0 Å². The highest BCUT2D eigenvalue weighted by molar-refractivity contribution is 5.37. The molecule has 1 aromatic heterocycles. The molecule has 1 aliphatic rings. The first kappa shape index (κ1) is 13.3. The van der Waals surface area contributed by atoms with Crippen LogP contribution >= 0.6 is 0 Å². The van der Waals surface area contributed by atoms with Gasteiger partial charge < -0.3 is 15.0 Å². The molecule has 2 N–H and O–H groups in total. The molecule has 1 unspecified atom stereocenters. The Hall–Kier alpha value is -1.74. The van der Waals surface area contributed by atoms with E-state index in [1.165, 1.54) is 29.5 Å². The van der Waals surface area contributed by atoms with Gasteiger partial charge in [0.15, 0.2) is 0 Å². The summed E-state index contributed by atoms with van der Waals surface area (Å²) in [4.78, 5) is 0. The summed E-state index contributed by atoms with van der Waals surface area (Å²) < 4.78 is 7.63. The molecule has 20 heavy (non-hydrogen) atoms. The Kier molecular flexibility index (Phi) is 3.53. The highest BCUT2D eigenvalue weighted by Crippen LogP contribution is 2.39. The molecule has 3 heteroatoms. The van der Waals surface area contributed by atoms with Crippen molar-refractivity contribution in [3.05, 3.63) is 53.3 Å². The van der Waals surface area contributed by atoms with Gasteiger partial charge in [-0.1, -0.05) is 17.7 Å². The van der Waals surface area contributed by atoms with Crippen LogP contribution in [0.3, 0.4) is 0 Å². The van der Waals surface area contributed by atoms with E-state index in [1.54, 1.807) is 7.11 Å². The van der Waals surface area contributed by atoms with Crippen LogP contribution in [-0.4, -0.2) is 11.7 Å². The van der Waals surface area contributed by atoms with Crippen LogP contribution in [0.2, 0.25) is 0 Å². The van der Waals surface area contributed by atoms with Crippen molar-refractivity contribution in [2.24, 2.45) is 11.7 Å². The van der Waals surface area contributed by atoms with E-state index in [-0.39, 0.29) is 6.04 Å². The number of rotatable bonds is 5. The Morgan fingerprint density at radius 1 is 1.35 bits per heavy atom. The molecule has 0 radical (unpaired) electrons. The molecular formula is C17H22N2O. The minimum Gasteiger partial charge on any atom is -0.496 e. The van der Waals surface area contributed by atoms with E-state index in [4.69, 9.17) is 10.5 Å². The zero-order valence-corrected chi connectivity index (χ0v) is 12.2. The minimum atomic E-state index is 0.204. The molecule has 0 aliphatic heterocycles. The Morgan fingerprint density at radius 2 is 2.15 bits per heavy atom. The first-order chi connectivity index (χ1) is 9.67. The Labute approximate surface area is 120 Å². The van der Waals surface area contributed by atoms with Crippen LogP contribution in [0.15, 0.2) is 36.7 Å². The second-order valence-electron chi connectivity index (χ2n) is 5.80. The van der Waals surface area contributed by atoms with E-state index in [9.17, 15) is 0 Å². The summed E-state index contributed by atoms with van der Waals surface area (Å²) in [7, 11) is 1.72. The van der Waals surface area contributed by atoms with Crippen LogP contribution in [0.4, 0.5) is 0 Å². The maximum atomic E-state index is 6.25. The molecule has 1 fully saturated rings. The largest absolute Gasteiger partial charge is 0.496 e. The number of hydrogen-bond donors (Lipinski definition) is 1. The number of nitrogens with zero attached hydrogens (tertiary/aromatic N) is 1. The molecule has 1 atom stereocenters. The molecule has 1 aliphatic carbocycles. The van der Waals surface area contributed by atoms with Crippen molar-refractivity contribution in [3.63, 3.8) is 0 Å². The predicted octanol–water partition coefficient (Wildman–Crippen LogP) is 3.26. The van der Waals surface area contributed by atoms with E-state index in [1.807, 2.05) is 6.07 Å². The molecule has 1 saturated carbocycles. The molecule has 106 valence electrons. The zero-order valence-electron chi connectivity index (χ0n) is 12.2. The van der Waals surface area contributed by atoms with E-state index in [2.05, 4.69) is 42.1 Å². The van der Waals surface area contributed by atoms with Gasteiger partial charge in [-0.3, -0.25) is 0 Å². The molecular weight excluding hydrogens is 248 g/mol. The Balaban J connectivity index is 1.79. The van der Waals surface area contributed by atoms with Gasteiger partial charge in [-0.05, 0) is 43.4 Å². The van der Waals surface area contributed by atoms with E-state index < -0.39 is 0 Å². The van der Waals surface area contributed by atoms with Gasteiger partial charge >= 0.3 is 0 Å². The summed E-state index contributed by atoms with van der Waals surface area (Å²) >= 11 is 0. The number of nitrogens with two attached hydrogens (primary N) is 1. The van der Waals surface area contributed by atoms with Crippen LogP contribution in [0, 0.1) is 12.8 Å². The van der Waals surface area contributed by atoms with Gasteiger partial charge in [0.05, 0.1) is 13.7 Å². The van der Waals surface area contributed by atoms with Gasteiger partial charge in [0, 0.05) is 24.0 Å². The van der Waals surface area contributed by atoms with Gasteiger partial charge in [-0.25, -0.2) is 0 Å². The zero-order chi connectivity index (χ0) is 14.1. The average Bonchev–Trinajstić information content (AvgIpc) is 3.19. The standard InChI is InChI=1S/C17H22N2O/c1-12-3-6-16(20-2)15(9-12)11-19-8-7-14(10-19)17(18)13-4-5-13/h3,6-10,13,17H,4-5,11,18H2,1-2H3. The van der Waals surface area contributed by atoms with E-state index >= 15 is 0 Å². The molecule has 2 aromatic rings. The Morgan fingerprint density at radius 3 is 2.85 bits per heavy atom.